The maximum atomic E-state index is 14.8. The standard InChI is InChI=1S/C25H22F2N8O2/c1-3-37-14-10-17(26)16(18(27)11-14)12-35-19-7-5-4-6-15(19)21(34-35)24-32-23(28)22(36-2)25(33-24)31-20-8-9-29-13-30-20/h4-11,13H,3,12H2,1-2H3,(H3,28,29,30,31,32,33). The van der Waals surface area contributed by atoms with Gasteiger partial charge in [0.05, 0.1) is 25.8 Å². The SMILES string of the molecule is CCOc1cc(F)c(Cn2nc(-c3nc(N)c(OC)c(Nc4ccncn4)n3)c3ccccc32)c(F)c1. The molecule has 0 atom stereocenters. The van der Waals surface area contributed by atoms with Crippen LogP contribution in [-0.2, 0) is 6.54 Å². The van der Waals surface area contributed by atoms with E-state index in [2.05, 4.69) is 30.4 Å². The second-order valence-electron chi connectivity index (χ2n) is 7.86. The summed E-state index contributed by atoms with van der Waals surface area (Å²) in [4.78, 5) is 17.0. The van der Waals surface area contributed by atoms with Gasteiger partial charge in [-0.1, -0.05) is 18.2 Å². The van der Waals surface area contributed by atoms with Gasteiger partial charge in [0, 0.05) is 29.3 Å². The molecule has 0 aliphatic rings. The number of hydrogen-bond acceptors (Lipinski definition) is 9. The van der Waals surface area contributed by atoms with Crippen LogP contribution in [0.5, 0.6) is 11.5 Å². The van der Waals surface area contributed by atoms with Gasteiger partial charge in [0.25, 0.3) is 0 Å². The third kappa shape index (κ3) is 4.68. The Morgan fingerprint density at radius 3 is 2.57 bits per heavy atom. The fourth-order valence-corrected chi connectivity index (χ4v) is 3.89. The summed E-state index contributed by atoms with van der Waals surface area (Å²) < 4.78 is 41.7. The molecule has 0 fully saturated rings. The molecule has 5 rings (SSSR count). The first-order valence-corrected chi connectivity index (χ1v) is 11.3. The van der Waals surface area contributed by atoms with Gasteiger partial charge in [0.15, 0.2) is 17.5 Å². The normalized spacial score (nSPS) is 11.0. The van der Waals surface area contributed by atoms with Crippen molar-refractivity contribution in [3.63, 3.8) is 0 Å². The summed E-state index contributed by atoms with van der Waals surface area (Å²) in [5.74, 6) is -0.108. The van der Waals surface area contributed by atoms with Gasteiger partial charge < -0.3 is 20.5 Å². The molecule has 2 aromatic carbocycles. The zero-order valence-corrected chi connectivity index (χ0v) is 19.9. The van der Waals surface area contributed by atoms with Gasteiger partial charge in [-0.3, -0.25) is 4.68 Å². The molecule has 0 saturated carbocycles. The molecule has 12 heteroatoms. The van der Waals surface area contributed by atoms with Crippen molar-refractivity contribution in [1.29, 1.82) is 0 Å². The van der Waals surface area contributed by atoms with Crippen LogP contribution in [0, 0.1) is 11.6 Å². The molecule has 3 aromatic heterocycles. The summed E-state index contributed by atoms with van der Waals surface area (Å²) in [6, 6.07) is 11.2. The molecule has 0 bridgehead atoms. The van der Waals surface area contributed by atoms with Crippen LogP contribution >= 0.6 is 0 Å². The number of fused-ring (bicyclic) bond motifs is 1. The van der Waals surface area contributed by atoms with Crippen LogP contribution in [0.4, 0.5) is 26.2 Å². The minimum Gasteiger partial charge on any atom is -0.494 e. The number of para-hydroxylation sites is 1. The molecule has 10 nitrogen and oxygen atoms in total. The summed E-state index contributed by atoms with van der Waals surface area (Å²) in [5.41, 5.74) is 7.04. The molecule has 0 radical (unpaired) electrons. The highest BCUT2D eigenvalue weighted by Gasteiger charge is 2.21. The van der Waals surface area contributed by atoms with Crippen LogP contribution < -0.4 is 20.5 Å². The Kier molecular flexibility index (Phi) is 6.45. The highest BCUT2D eigenvalue weighted by molar-refractivity contribution is 5.92. The Morgan fingerprint density at radius 1 is 1.08 bits per heavy atom. The molecule has 3 N–H and O–H groups in total. The number of halogens is 2. The second kappa shape index (κ2) is 10.0. The Labute approximate surface area is 210 Å². The summed E-state index contributed by atoms with van der Waals surface area (Å²) >= 11 is 0. The largest absolute Gasteiger partial charge is 0.494 e. The van der Waals surface area contributed by atoms with E-state index in [1.165, 1.54) is 18.1 Å². The Morgan fingerprint density at radius 2 is 1.86 bits per heavy atom. The lowest BCUT2D eigenvalue weighted by molar-refractivity contribution is 0.335. The average molecular weight is 505 g/mol. The highest BCUT2D eigenvalue weighted by atomic mass is 19.1. The van der Waals surface area contributed by atoms with Gasteiger partial charge in [-0.2, -0.15) is 5.10 Å². The lowest BCUT2D eigenvalue weighted by Crippen LogP contribution is -2.08. The lowest BCUT2D eigenvalue weighted by Gasteiger charge is -2.12. The van der Waals surface area contributed by atoms with Crippen LogP contribution in [0.15, 0.2) is 55.0 Å². The number of benzene rings is 2. The monoisotopic (exact) mass is 504 g/mol. The molecule has 0 amide bonds. The zero-order valence-electron chi connectivity index (χ0n) is 19.9. The summed E-state index contributed by atoms with van der Waals surface area (Å²) in [5, 5.41) is 8.34. The highest BCUT2D eigenvalue weighted by Crippen LogP contribution is 2.34. The van der Waals surface area contributed by atoms with Crippen molar-refractivity contribution in [3.05, 3.63) is 72.2 Å². The van der Waals surface area contributed by atoms with Gasteiger partial charge >= 0.3 is 0 Å². The van der Waals surface area contributed by atoms with Crippen molar-refractivity contribution in [2.24, 2.45) is 0 Å². The van der Waals surface area contributed by atoms with E-state index in [1.807, 2.05) is 12.1 Å². The number of aromatic nitrogens is 6. The minimum atomic E-state index is -0.731. The Bertz CT molecular complexity index is 1550. The summed E-state index contributed by atoms with van der Waals surface area (Å²) in [6.45, 7) is 1.87. The van der Waals surface area contributed by atoms with E-state index in [0.717, 1.165) is 12.1 Å². The molecular formula is C25H22F2N8O2. The summed E-state index contributed by atoms with van der Waals surface area (Å²) in [6.07, 6.45) is 2.95. The molecule has 0 unspecified atom stereocenters. The molecule has 0 saturated heterocycles. The third-order valence-corrected chi connectivity index (χ3v) is 5.53. The first-order valence-electron chi connectivity index (χ1n) is 11.3. The molecule has 0 spiro atoms. The molecule has 0 aliphatic heterocycles. The van der Waals surface area contributed by atoms with Gasteiger partial charge in [-0.25, -0.2) is 28.7 Å². The molecular weight excluding hydrogens is 482 g/mol. The smallest absolute Gasteiger partial charge is 0.204 e. The third-order valence-electron chi connectivity index (χ3n) is 5.53. The van der Waals surface area contributed by atoms with Gasteiger partial charge in [0.1, 0.15) is 35.2 Å². The van der Waals surface area contributed by atoms with E-state index in [-0.39, 0.29) is 41.1 Å². The van der Waals surface area contributed by atoms with E-state index < -0.39 is 11.6 Å². The van der Waals surface area contributed by atoms with Gasteiger partial charge in [-0.15, -0.1) is 0 Å². The fourth-order valence-electron chi connectivity index (χ4n) is 3.89. The quantitative estimate of drug-likeness (QED) is 0.317. The molecule has 5 aromatic rings. The zero-order chi connectivity index (χ0) is 25.9. The van der Waals surface area contributed by atoms with E-state index >= 15 is 0 Å². The van der Waals surface area contributed by atoms with Crippen LogP contribution in [0.1, 0.15) is 12.5 Å². The van der Waals surface area contributed by atoms with Crippen LogP contribution in [0.3, 0.4) is 0 Å². The number of nitrogens with zero attached hydrogens (tertiary/aromatic N) is 6. The van der Waals surface area contributed by atoms with Crippen molar-refractivity contribution in [1.82, 2.24) is 29.7 Å². The number of rotatable bonds is 8. The molecule has 0 aliphatic carbocycles. The van der Waals surface area contributed by atoms with E-state index in [9.17, 15) is 8.78 Å². The number of nitrogens with two attached hydrogens (primary N) is 1. The number of hydrogen-bond donors (Lipinski definition) is 2. The van der Waals surface area contributed by atoms with Crippen molar-refractivity contribution in [2.45, 2.75) is 13.5 Å². The maximum absolute atomic E-state index is 14.8. The predicted octanol–water partition coefficient (Wildman–Crippen LogP) is 4.34. The first-order chi connectivity index (χ1) is 18.0. The van der Waals surface area contributed by atoms with Crippen molar-refractivity contribution in [2.75, 3.05) is 24.8 Å². The molecule has 37 heavy (non-hydrogen) atoms. The average Bonchev–Trinajstić information content (AvgIpc) is 3.25. The maximum Gasteiger partial charge on any atom is 0.204 e. The lowest BCUT2D eigenvalue weighted by atomic mass is 10.1. The Hall–Kier alpha value is -4.87. The minimum absolute atomic E-state index is 0.0753. The van der Waals surface area contributed by atoms with E-state index in [4.69, 9.17) is 15.2 Å². The first kappa shape index (κ1) is 23.9. The predicted molar refractivity (Wildman–Crippen MR) is 134 cm³/mol. The Balaban J connectivity index is 1.60. The topological polar surface area (TPSA) is 126 Å². The van der Waals surface area contributed by atoms with Crippen LogP contribution in [0.25, 0.3) is 22.4 Å². The molecule has 3 heterocycles. The van der Waals surface area contributed by atoms with Crippen LogP contribution in [0.2, 0.25) is 0 Å². The number of methoxy groups -OCH3 is 1. The van der Waals surface area contributed by atoms with Crippen molar-refractivity contribution in [3.8, 4) is 23.0 Å². The fraction of sp³-hybridized carbons (Fsp3) is 0.160. The van der Waals surface area contributed by atoms with Crippen LogP contribution in [-0.4, -0.2) is 43.4 Å². The number of nitrogen functional groups attached to an aromatic ring is 1. The number of ether oxygens (including phenoxy) is 2. The van der Waals surface area contributed by atoms with E-state index in [1.54, 1.807) is 31.3 Å². The van der Waals surface area contributed by atoms with E-state index in [0.29, 0.717) is 29.0 Å². The summed E-state index contributed by atoms with van der Waals surface area (Å²) in [7, 11) is 1.45. The van der Waals surface area contributed by atoms with Crippen molar-refractivity contribution >= 4 is 28.4 Å². The number of nitrogens with one attached hydrogen (secondary N) is 1. The second-order valence-corrected chi connectivity index (χ2v) is 7.86. The van der Waals surface area contributed by atoms with Crippen molar-refractivity contribution < 1.29 is 18.3 Å². The van der Waals surface area contributed by atoms with Gasteiger partial charge in [0.2, 0.25) is 5.75 Å². The molecule has 188 valence electrons. The van der Waals surface area contributed by atoms with Gasteiger partial charge in [-0.05, 0) is 19.1 Å². The number of anilines is 3.